The molecule has 0 aliphatic rings. The minimum absolute atomic E-state index is 0.00456. The van der Waals surface area contributed by atoms with Gasteiger partial charge in [-0.15, -0.1) is 0 Å². The van der Waals surface area contributed by atoms with Crippen molar-refractivity contribution < 1.29 is 32.6 Å². The molecule has 7 nitrogen and oxygen atoms in total. The zero-order valence-corrected chi connectivity index (χ0v) is 13.5. The van der Waals surface area contributed by atoms with Gasteiger partial charge in [-0.05, 0) is 19.4 Å². The number of rotatable bonds is 6. The van der Waals surface area contributed by atoms with Crippen LogP contribution in [0, 0.1) is 11.3 Å². The van der Waals surface area contributed by atoms with Crippen molar-refractivity contribution >= 4 is 17.6 Å². The van der Waals surface area contributed by atoms with Crippen molar-refractivity contribution in [3.63, 3.8) is 0 Å². The maximum absolute atomic E-state index is 12.9. The van der Waals surface area contributed by atoms with Gasteiger partial charge in [-0.1, -0.05) is 13.3 Å². The Labute approximate surface area is 141 Å². The zero-order valence-electron chi connectivity index (χ0n) is 13.5. The molecule has 0 spiro atoms. The molecule has 0 aliphatic heterocycles. The number of hydrogen-bond donors (Lipinski definition) is 2. The number of unbranched alkanes of at least 4 members (excludes halogenated alkanes) is 1. The van der Waals surface area contributed by atoms with E-state index in [1.807, 2.05) is 12.2 Å². The van der Waals surface area contributed by atoms with Gasteiger partial charge in [0.1, 0.15) is 6.07 Å². The van der Waals surface area contributed by atoms with Crippen LogP contribution in [-0.2, 0) is 20.5 Å². The fraction of sp³-hybridized carbons (Fsp3) is 0.467. The highest BCUT2D eigenvalue weighted by Crippen LogP contribution is 2.32. The highest BCUT2D eigenvalue weighted by atomic mass is 19.4. The lowest BCUT2D eigenvalue weighted by Crippen LogP contribution is -2.48. The van der Waals surface area contributed by atoms with Crippen molar-refractivity contribution in [1.82, 2.24) is 4.98 Å². The smallest absolute Gasteiger partial charge is 0.419 e. The van der Waals surface area contributed by atoms with Gasteiger partial charge < -0.3 is 15.2 Å². The fourth-order valence-electron chi connectivity index (χ4n) is 1.63. The SMILES string of the molecule is CCCCOC(=O)C(C)(O)C(=O)Nc1cnc(C#N)c(C(F)(F)F)c1. The number of amides is 1. The number of aromatic nitrogens is 1. The standard InChI is InChI=1S/C15H16F3N3O4/c1-3-4-5-25-13(23)14(2,24)12(22)21-9-6-10(15(16,17)18)11(7-19)20-8-9/h6,8,24H,3-5H2,1-2H3,(H,21,22). The number of hydrogen-bond acceptors (Lipinski definition) is 6. The summed E-state index contributed by atoms with van der Waals surface area (Å²) in [6.45, 7) is 2.70. The third-order valence-corrected chi connectivity index (χ3v) is 3.13. The zero-order chi connectivity index (χ0) is 19.3. The Bertz CT molecular complexity index is 696. The molecule has 1 rings (SSSR count). The quantitative estimate of drug-likeness (QED) is 0.456. The van der Waals surface area contributed by atoms with Crippen LogP contribution in [0.1, 0.15) is 37.9 Å². The number of halogens is 3. The Kier molecular flexibility index (Phi) is 6.47. The predicted octanol–water partition coefficient (Wildman–Crippen LogP) is 2.00. The number of alkyl halides is 3. The Morgan fingerprint density at radius 1 is 1.44 bits per heavy atom. The van der Waals surface area contributed by atoms with Gasteiger partial charge in [-0.2, -0.15) is 18.4 Å². The number of carbonyl (C=O) groups excluding carboxylic acids is 2. The third-order valence-electron chi connectivity index (χ3n) is 3.13. The van der Waals surface area contributed by atoms with Crippen LogP contribution in [0.5, 0.6) is 0 Å². The molecule has 0 aliphatic carbocycles. The lowest BCUT2D eigenvalue weighted by molar-refractivity contribution is -0.167. The van der Waals surface area contributed by atoms with E-state index in [9.17, 15) is 27.9 Å². The molecular weight excluding hydrogens is 343 g/mol. The number of esters is 1. The van der Waals surface area contributed by atoms with Gasteiger partial charge in [0.15, 0.2) is 5.69 Å². The minimum Gasteiger partial charge on any atom is -0.463 e. The molecule has 25 heavy (non-hydrogen) atoms. The molecule has 0 bridgehead atoms. The van der Waals surface area contributed by atoms with E-state index in [0.29, 0.717) is 12.5 Å². The second-order valence-electron chi connectivity index (χ2n) is 5.25. The van der Waals surface area contributed by atoms with Crippen LogP contribution >= 0.6 is 0 Å². The fourth-order valence-corrected chi connectivity index (χ4v) is 1.63. The normalized spacial score (nSPS) is 13.5. The molecule has 1 aromatic heterocycles. The van der Waals surface area contributed by atoms with E-state index in [4.69, 9.17) is 10.00 Å². The van der Waals surface area contributed by atoms with Gasteiger partial charge in [0.2, 0.25) is 5.60 Å². The van der Waals surface area contributed by atoms with Crippen molar-refractivity contribution in [1.29, 1.82) is 5.26 Å². The highest BCUT2D eigenvalue weighted by molar-refractivity contribution is 6.11. The number of carbonyl (C=O) groups is 2. The molecule has 0 saturated heterocycles. The Hall–Kier alpha value is -2.67. The van der Waals surface area contributed by atoms with E-state index in [0.717, 1.165) is 19.5 Å². The summed E-state index contributed by atoms with van der Waals surface area (Å²) in [5, 5.41) is 20.6. The molecule has 2 N–H and O–H groups in total. The summed E-state index contributed by atoms with van der Waals surface area (Å²) in [5.74, 6) is -2.51. The third kappa shape index (κ3) is 5.15. The van der Waals surface area contributed by atoms with E-state index in [2.05, 4.69) is 4.98 Å². The monoisotopic (exact) mass is 359 g/mol. The van der Waals surface area contributed by atoms with Crippen LogP contribution in [0.25, 0.3) is 0 Å². The summed E-state index contributed by atoms with van der Waals surface area (Å²) < 4.78 is 43.3. The van der Waals surface area contributed by atoms with E-state index >= 15 is 0 Å². The van der Waals surface area contributed by atoms with Crippen LogP contribution in [0.15, 0.2) is 12.3 Å². The summed E-state index contributed by atoms with van der Waals surface area (Å²) in [6.07, 6.45) is -2.80. The van der Waals surface area contributed by atoms with Crippen LogP contribution < -0.4 is 5.32 Å². The molecule has 1 atom stereocenters. The molecule has 1 unspecified atom stereocenters. The van der Waals surface area contributed by atoms with Crippen molar-refractivity contribution in [2.24, 2.45) is 0 Å². The number of anilines is 1. The van der Waals surface area contributed by atoms with Gasteiger partial charge in [-0.25, -0.2) is 9.78 Å². The van der Waals surface area contributed by atoms with Crippen molar-refractivity contribution in [2.75, 3.05) is 11.9 Å². The highest BCUT2D eigenvalue weighted by Gasteiger charge is 2.41. The van der Waals surface area contributed by atoms with Crippen LogP contribution in [0.3, 0.4) is 0 Å². The summed E-state index contributed by atoms with van der Waals surface area (Å²) in [7, 11) is 0. The number of nitrogens with one attached hydrogen (secondary N) is 1. The van der Waals surface area contributed by atoms with E-state index < -0.39 is 40.6 Å². The number of aliphatic hydroxyl groups is 1. The molecule has 1 aromatic rings. The Morgan fingerprint density at radius 3 is 2.60 bits per heavy atom. The molecule has 0 fully saturated rings. The number of ether oxygens (including phenoxy) is 1. The number of nitriles is 1. The second kappa shape index (κ2) is 7.94. The van der Waals surface area contributed by atoms with Crippen molar-refractivity contribution in [3.05, 3.63) is 23.5 Å². The molecule has 136 valence electrons. The van der Waals surface area contributed by atoms with Gasteiger partial charge in [-0.3, -0.25) is 4.79 Å². The van der Waals surface area contributed by atoms with Crippen LogP contribution in [0.4, 0.5) is 18.9 Å². The molecule has 1 heterocycles. The minimum atomic E-state index is -4.86. The summed E-state index contributed by atoms with van der Waals surface area (Å²) in [5.41, 5.74) is -5.24. The van der Waals surface area contributed by atoms with Gasteiger partial charge in [0.05, 0.1) is 24.1 Å². The van der Waals surface area contributed by atoms with Gasteiger partial charge in [0.25, 0.3) is 5.91 Å². The van der Waals surface area contributed by atoms with E-state index in [1.54, 1.807) is 0 Å². The first-order valence-corrected chi connectivity index (χ1v) is 7.22. The first-order valence-electron chi connectivity index (χ1n) is 7.22. The van der Waals surface area contributed by atoms with Gasteiger partial charge >= 0.3 is 12.1 Å². The second-order valence-corrected chi connectivity index (χ2v) is 5.25. The van der Waals surface area contributed by atoms with Crippen LogP contribution in [0.2, 0.25) is 0 Å². The maximum atomic E-state index is 12.9. The average molecular weight is 359 g/mol. The van der Waals surface area contributed by atoms with Gasteiger partial charge in [0, 0.05) is 0 Å². The largest absolute Gasteiger partial charge is 0.463 e. The molecule has 10 heteroatoms. The lowest BCUT2D eigenvalue weighted by Gasteiger charge is -2.20. The molecule has 0 aromatic carbocycles. The molecule has 0 saturated carbocycles. The summed E-state index contributed by atoms with van der Waals surface area (Å²) in [4.78, 5) is 27.0. The average Bonchev–Trinajstić information content (AvgIpc) is 2.53. The van der Waals surface area contributed by atoms with Crippen molar-refractivity contribution in [2.45, 2.75) is 38.5 Å². The van der Waals surface area contributed by atoms with E-state index in [1.165, 1.54) is 6.07 Å². The lowest BCUT2D eigenvalue weighted by atomic mass is 10.1. The van der Waals surface area contributed by atoms with Crippen molar-refractivity contribution in [3.8, 4) is 6.07 Å². The maximum Gasteiger partial charge on any atom is 0.419 e. The number of pyridine rings is 1. The summed E-state index contributed by atoms with van der Waals surface area (Å²) >= 11 is 0. The molecule has 0 radical (unpaired) electrons. The Balaban J connectivity index is 2.96. The Morgan fingerprint density at radius 2 is 2.08 bits per heavy atom. The molecular formula is C15H16F3N3O4. The number of nitrogens with zero attached hydrogens (tertiary/aromatic N) is 2. The summed E-state index contributed by atoms with van der Waals surface area (Å²) in [6, 6.07) is 1.78. The predicted molar refractivity (Wildman–Crippen MR) is 79.1 cm³/mol. The first kappa shape index (κ1) is 20.4. The first-order chi connectivity index (χ1) is 11.5. The van der Waals surface area contributed by atoms with Crippen LogP contribution in [-0.4, -0.2) is 34.2 Å². The topological polar surface area (TPSA) is 112 Å². The molecule has 1 amide bonds. The van der Waals surface area contributed by atoms with E-state index in [-0.39, 0.29) is 6.61 Å².